The highest BCUT2D eigenvalue weighted by Crippen LogP contribution is 2.22. The lowest BCUT2D eigenvalue weighted by Gasteiger charge is -2.15. The molecule has 0 saturated carbocycles. The molecule has 0 fully saturated rings. The topological polar surface area (TPSA) is 93.5 Å². The Bertz CT molecular complexity index is 840. The molecular formula is C22H30ClN3O3. The van der Waals surface area contributed by atoms with Crippen LogP contribution in [0.3, 0.4) is 0 Å². The Morgan fingerprint density at radius 2 is 1.83 bits per heavy atom. The van der Waals surface area contributed by atoms with Crippen LogP contribution in [0.25, 0.3) is 0 Å². The molecule has 0 radical (unpaired) electrons. The van der Waals surface area contributed by atoms with Crippen molar-refractivity contribution in [3.63, 3.8) is 0 Å². The Morgan fingerprint density at radius 1 is 1.10 bits per heavy atom. The van der Waals surface area contributed by atoms with Gasteiger partial charge in [0, 0.05) is 5.69 Å². The molecule has 0 heterocycles. The summed E-state index contributed by atoms with van der Waals surface area (Å²) < 4.78 is 5.83. The number of rotatable bonds is 8. The second-order valence-electron chi connectivity index (χ2n) is 7.29. The van der Waals surface area contributed by atoms with Crippen molar-refractivity contribution < 1.29 is 14.3 Å². The highest BCUT2D eigenvalue weighted by Gasteiger charge is 2.17. The van der Waals surface area contributed by atoms with Crippen LogP contribution in [0.15, 0.2) is 42.5 Å². The fraction of sp³-hybridized carbons (Fsp3) is 0.364. The van der Waals surface area contributed by atoms with E-state index in [1.54, 1.807) is 6.07 Å². The van der Waals surface area contributed by atoms with Gasteiger partial charge in [0.05, 0.1) is 12.6 Å². The van der Waals surface area contributed by atoms with Crippen molar-refractivity contribution in [3.05, 3.63) is 59.2 Å². The Hall–Kier alpha value is -2.57. The summed E-state index contributed by atoms with van der Waals surface area (Å²) in [6.45, 7) is 8.01. The predicted octanol–water partition coefficient (Wildman–Crippen LogP) is 3.34. The van der Waals surface area contributed by atoms with Crippen LogP contribution in [-0.4, -0.2) is 24.4 Å². The van der Waals surface area contributed by atoms with Gasteiger partial charge in [-0.25, -0.2) is 0 Å². The van der Waals surface area contributed by atoms with Crippen molar-refractivity contribution in [1.82, 2.24) is 5.32 Å². The number of ether oxygens (including phenoxy) is 1. The second-order valence-corrected chi connectivity index (χ2v) is 7.29. The van der Waals surface area contributed by atoms with Crippen molar-refractivity contribution in [2.45, 2.75) is 40.3 Å². The Balaban J connectivity index is 0.00000420. The average molecular weight is 420 g/mol. The van der Waals surface area contributed by atoms with Crippen LogP contribution in [0.2, 0.25) is 0 Å². The van der Waals surface area contributed by atoms with E-state index in [2.05, 4.69) is 16.7 Å². The number of amides is 2. The monoisotopic (exact) mass is 419 g/mol. The average Bonchev–Trinajstić information content (AvgIpc) is 2.65. The fourth-order valence-corrected chi connectivity index (χ4v) is 2.62. The van der Waals surface area contributed by atoms with Gasteiger partial charge in [-0.3, -0.25) is 9.59 Å². The first kappa shape index (κ1) is 24.5. The first-order valence-corrected chi connectivity index (χ1v) is 9.38. The highest BCUT2D eigenvalue weighted by atomic mass is 35.5. The number of aryl methyl sites for hydroxylation is 2. The molecule has 2 aromatic rings. The molecular weight excluding hydrogens is 390 g/mol. The summed E-state index contributed by atoms with van der Waals surface area (Å²) >= 11 is 0. The standard InChI is InChI=1S/C22H29N3O3.ClH/c1-14(2)21(23)22(27)24-12-20(26)25-19-9-8-18(11-16(19)4)28-13-17-7-5-6-15(3)10-17;/h5-11,14,21H,12-13,23H2,1-4H3,(H,24,27)(H,25,26);1H/t21-;/m0./s1. The van der Waals surface area contributed by atoms with Crippen LogP contribution < -0.4 is 21.1 Å². The molecule has 1 atom stereocenters. The van der Waals surface area contributed by atoms with Gasteiger partial charge in [0.25, 0.3) is 0 Å². The van der Waals surface area contributed by atoms with E-state index in [9.17, 15) is 9.59 Å². The summed E-state index contributed by atoms with van der Waals surface area (Å²) in [5.74, 6) is 0.105. The predicted molar refractivity (Wildman–Crippen MR) is 118 cm³/mol. The summed E-state index contributed by atoms with van der Waals surface area (Å²) in [7, 11) is 0. The SMILES string of the molecule is Cc1cccc(COc2ccc(NC(=O)CNC(=O)[C@@H](N)C(C)C)c(C)c2)c1.Cl. The molecule has 0 aromatic heterocycles. The smallest absolute Gasteiger partial charge is 0.243 e. The molecule has 6 nitrogen and oxygen atoms in total. The molecule has 0 spiro atoms. The molecule has 0 aliphatic carbocycles. The van der Waals surface area contributed by atoms with Crippen molar-refractivity contribution in [1.29, 1.82) is 0 Å². The quantitative estimate of drug-likeness (QED) is 0.611. The van der Waals surface area contributed by atoms with Crippen molar-refractivity contribution in [2.75, 3.05) is 11.9 Å². The van der Waals surface area contributed by atoms with E-state index in [-0.39, 0.29) is 36.7 Å². The Morgan fingerprint density at radius 3 is 2.45 bits per heavy atom. The minimum absolute atomic E-state index is 0. The van der Waals surface area contributed by atoms with E-state index in [1.807, 2.05) is 58.0 Å². The first-order valence-electron chi connectivity index (χ1n) is 9.38. The van der Waals surface area contributed by atoms with E-state index < -0.39 is 6.04 Å². The third-order valence-electron chi connectivity index (χ3n) is 4.40. The lowest BCUT2D eigenvalue weighted by molar-refractivity contribution is -0.125. The molecule has 0 saturated heterocycles. The second kappa shape index (κ2) is 11.4. The number of benzene rings is 2. The number of nitrogens with one attached hydrogen (secondary N) is 2. The van der Waals surface area contributed by atoms with Crippen LogP contribution in [0.1, 0.15) is 30.5 Å². The van der Waals surface area contributed by atoms with Gasteiger partial charge in [0.2, 0.25) is 11.8 Å². The van der Waals surface area contributed by atoms with E-state index >= 15 is 0 Å². The molecule has 7 heteroatoms. The zero-order chi connectivity index (χ0) is 20.7. The number of hydrogen-bond donors (Lipinski definition) is 3. The molecule has 0 aliphatic heterocycles. The van der Waals surface area contributed by atoms with E-state index in [1.165, 1.54) is 5.56 Å². The maximum atomic E-state index is 12.1. The van der Waals surface area contributed by atoms with Crippen LogP contribution >= 0.6 is 12.4 Å². The lowest BCUT2D eigenvalue weighted by atomic mass is 10.1. The summed E-state index contributed by atoms with van der Waals surface area (Å²) in [5, 5.41) is 5.35. The summed E-state index contributed by atoms with van der Waals surface area (Å²) in [6.07, 6.45) is 0. The summed E-state index contributed by atoms with van der Waals surface area (Å²) in [5.41, 5.74) is 9.61. The van der Waals surface area contributed by atoms with Gasteiger partial charge in [-0.15, -0.1) is 12.4 Å². The highest BCUT2D eigenvalue weighted by molar-refractivity contribution is 5.95. The van der Waals surface area contributed by atoms with E-state index in [4.69, 9.17) is 10.5 Å². The Labute approximate surface area is 178 Å². The third kappa shape index (κ3) is 7.75. The van der Waals surface area contributed by atoms with Gasteiger partial charge in [-0.2, -0.15) is 0 Å². The molecule has 2 aromatic carbocycles. The number of carbonyl (C=O) groups excluding carboxylic acids is 2. The van der Waals surface area contributed by atoms with Crippen LogP contribution in [0.4, 0.5) is 5.69 Å². The Kier molecular flexibility index (Phi) is 9.65. The maximum absolute atomic E-state index is 12.1. The normalized spacial score (nSPS) is 11.4. The fourth-order valence-electron chi connectivity index (χ4n) is 2.62. The molecule has 0 aliphatic rings. The number of halogens is 1. The minimum Gasteiger partial charge on any atom is -0.489 e. The maximum Gasteiger partial charge on any atom is 0.243 e. The van der Waals surface area contributed by atoms with Crippen molar-refractivity contribution in [2.24, 2.45) is 11.7 Å². The molecule has 0 bridgehead atoms. The van der Waals surface area contributed by atoms with Crippen molar-refractivity contribution >= 4 is 29.9 Å². The van der Waals surface area contributed by atoms with Gasteiger partial charge in [0.15, 0.2) is 0 Å². The van der Waals surface area contributed by atoms with Crippen LogP contribution in [0.5, 0.6) is 5.75 Å². The van der Waals surface area contributed by atoms with Gasteiger partial charge in [-0.05, 0) is 49.1 Å². The van der Waals surface area contributed by atoms with Crippen LogP contribution in [0, 0.1) is 19.8 Å². The third-order valence-corrected chi connectivity index (χ3v) is 4.40. The summed E-state index contributed by atoms with van der Waals surface area (Å²) in [6, 6.07) is 13.0. The van der Waals surface area contributed by atoms with Crippen molar-refractivity contribution in [3.8, 4) is 5.75 Å². The van der Waals surface area contributed by atoms with E-state index in [0.717, 1.165) is 16.9 Å². The minimum atomic E-state index is -0.626. The molecule has 2 amide bonds. The summed E-state index contributed by atoms with van der Waals surface area (Å²) in [4.78, 5) is 23.9. The van der Waals surface area contributed by atoms with Gasteiger partial charge in [-0.1, -0.05) is 43.7 Å². The molecule has 29 heavy (non-hydrogen) atoms. The number of hydrogen-bond acceptors (Lipinski definition) is 4. The lowest BCUT2D eigenvalue weighted by Crippen LogP contribution is -2.46. The van der Waals surface area contributed by atoms with Gasteiger partial charge >= 0.3 is 0 Å². The van der Waals surface area contributed by atoms with Gasteiger partial charge in [0.1, 0.15) is 12.4 Å². The number of carbonyl (C=O) groups is 2. The molecule has 2 rings (SSSR count). The zero-order valence-corrected chi connectivity index (χ0v) is 18.1. The number of anilines is 1. The largest absolute Gasteiger partial charge is 0.489 e. The molecule has 4 N–H and O–H groups in total. The first-order chi connectivity index (χ1) is 13.3. The molecule has 158 valence electrons. The molecule has 0 unspecified atom stereocenters. The van der Waals surface area contributed by atoms with Gasteiger partial charge < -0.3 is 21.1 Å². The zero-order valence-electron chi connectivity index (χ0n) is 17.3. The van der Waals surface area contributed by atoms with Crippen LogP contribution in [-0.2, 0) is 16.2 Å². The number of nitrogens with two attached hydrogens (primary N) is 1. The van der Waals surface area contributed by atoms with E-state index in [0.29, 0.717) is 12.3 Å².